The van der Waals surface area contributed by atoms with Crippen molar-refractivity contribution >= 4 is 0 Å². The van der Waals surface area contributed by atoms with Crippen LogP contribution < -0.4 is 0 Å². The number of allylic oxidation sites excluding steroid dienone is 4. The van der Waals surface area contributed by atoms with Gasteiger partial charge in [0.25, 0.3) is 0 Å². The fourth-order valence-corrected chi connectivity index (χ4v) is 2.19. The summed E-state index contributed by atoms with van der Waals surface area (Å²) in [5.41, 5.74) is 4.96. The maximum absolute atomic E-state index is 2.41. The number of hydrogen-bond acceptors (Lipinski definition) is 0. The van der Waals surface area contributed by atoms with Crippen LogP contribution in [0.5, 0.6) is 0 Å². The Kier molecular flexibility index (Phi) is 5.14. The van der Waals surface area contributed by atoms with Crippen LogP contribution in [0.25, 0.3) is 0 Å². The molecule has 0 amide bonds. The summed E-state index contributed by atoms with van der Waals surface area (Å²) < 4.78 is 0. The molecule has 0 heterocycles. The highest BCUT2D eigenvalue weighted by molar-refractivity contribution is 5.22. The second-order valence-electron chi connectivity index (χ2n) is 5.42. The summed E-state index contributed by atoms with van der Waals surface area (Å²) in [6, 6.07) is 0. The average molecular weight is 206 g/mol. The first-order valence-corrected chi connectivity index (χ1v) is 6.42. The Morgan fingerprint density at radius 2 is 2.07 bits per heavy atom. The summed E-state index contributed by atoms with van der Waals surface area (Å²) in [5.74, 6) is 0.858. The van der Waals surface area contributed by atoms with E-state index in [-0.39, 0.29) is 0 Å². The molecule has 1 aliphatic carbocycles. The van der Waals surface area contributed by atoms with Crippen LogP contribution in [0.3, 0.4) is 0 Å². The second-order valence-corrected chi connectivity index (χ2v) is 5.42. The Morgan fingerprint density at radius 1 is 1.33 bits per heavy atom. The summed E-state index contributed by atoms with van der Waals surface area (Å²) in [6.07, 6.45) is 10.3. The first kappa shape index (κ1) is 12.5. The zero-order valence-electron chi connectivity index (χ0n) is 10.9. The van der Waals surface area contributed by atoms with Crippen LogP contribution in [0.15, 0.2) is 22.8 Å². The van der Waals surface area contributed by atoms with E-state index >= 15 is 0 Å². The zero-order chi connectivity index (χ0) is 11.3. The first-order chi connectivity index (χ1) is 7.09. The van der Waals surface area contributed by atoms with E-state index in [1.165, 1.54) is 38.5 Å². The molecular weight excluding hydrogens is 180 g/mol. The van der Waals surface area contributed by atoms with Gasteiger partial charge in [-0.1, -0.05) is 43.1 Å². The van der Waals surface area contributed by atoms with Crippen LogP contribution in [0.4, 0.5) is 0 Å². The summed E-state index contributed by atoms with van der Waals surface area (Å²) in [7, 11) is 0. The molecule has 0 aromatic rings. The van der Waals surface area contributed by atoms with Gasteiger partial charge in [-0.15, -0.1) is 0 Å². The molecular formula is C15H26. The molecule has 0 aliphatic heterocycles. The molecule has 0 atom stereocenters. The van der Waals surface area contributed by atoms with E-state index in [1.54, 1.807) is 16.7 Å². The Balaban J connectivity index is 2.38. The lowest BCUT2D eigenvalue weighted by Gasteiger charge is -2.16. The van der Waals surface area contributed by atoms with E-state index in [9.17, 15) is 0 Å². The van der Waals surface area contributed by atoms with E-state index in [0.29, 0.717) is 0 Å². The van der Waals surface area contributed by atoms with Crippen molar-refractivity contribution in [1.29, 1.82) is 0 Å². The monoisotopic (exact) mass is 206 g/mol. The highest BCUT2D eigenvalue weighted by Crippen LogP contribution is 2.27. The standard InChI is InChI=1S/C15H26/c1-12(2)6-5-7-14(4)15-10-8-13(3)9-11-15/h8,12H,5-7,9-11H2,1-4H3. The topological polar surface area (TPSA) is 0 Å². The average Bonchev–Trinajstić information content (AvgIpc) is 2.18. The Hall–Kier alpha value is -0.520. The van der Waals surface area contributed by atoms with Crippen molar-refractivity contribution < 1.29 is 0 Å². The Bertz CT molecular complexity index is 253. The molecule has 0 spiro atoms. The fraction of sp³-hybridized carbons (Fsp3) is 0.733. The van der Waals surface area contributed by atoms with Crippen LogP contribution in [-0.4, -0.2) is 0 Å². The maximum Gasteiger partial charge on any atom is -0.0134 e. The normalized spacial score (nSPS) is 20.5. The van der Waals surface area contributed by atoms with E-state index in [2.05, 4.69) is 33.8 Å². The lowest BCUT2D eigenvalue weighted by Crippen LogP contribution is -1.97. The molecule has 0 heteroatoms. The SMILES string of the molecule is CC1=CCC(=C(C)CCCC(C)C)CC1. The third-order valence-electron chi connectivity index (χ3n) is 3.45. The van der Waals surface area contributed by atoms with Gasteiger partial charge >= 0.3 is 0 Å². The molecule has 0 saturated carbocycles. The van der Waals surface area contributed by atoms with Crippen LogP contribution in [0.2, 0.25) is 0 Å². The van der Waals surface area contributed by atoms with Crippen LogP contribution in [0, 0.1) is 5.92 Å². The molecule has 0 saturated heterocycles. The molecule has 0 unspecified atom stereocenters. The summed E-state index contributed by atoms with van der Waals surface area (Å²) in [4.78, 5) is 0. The molecule has 1 aliphatic rings. The van der Waals surface area contributed by atoms with Crippen molar-refractivity contribution in [2.45, 2.75) is 66.2 Å². The number of rotatable bonds is 4. The first-order valence-electron chi connectivity index (χ1n) is 6.42. The largest absolute Gasteiger partial charge is 0.0815 e. The highest BCUT2D eigenvalue weighted by Gasteiger charge is 2.07. The molecule has 0 bridgehead atoms. The van der Waals surface area contributed by atoms with Crippen molar-refractivity contribution in [3.8, 4) is 0 Å². The Labute approximate surface area is 95.5 Å². The van der Waals surface area contributed by atoms with Crippen LogP contribution >= 0.6 is 0 Å². The van der Waals surface area contributed by atoms with E-state index < -0.39 is 0 Å². The van der Waals surface area contributed by atoms with Crippen molar-refractivity contribution in [3.05, 3.63) is 22.8 Å². The van der Waals surface area contributed by atoms with E-state index in [1.807, 2.05) is 0 Å². The van der Waals surface area contributed by atoms with Crippen LogP contribution in [-0.2, 0) is 0 Å². The van der Waals surface area contributed by atoms with E-state index in [4.69, 9.17) is 0 Å². The van der Waals surface area contributed by atoms with Gasteiger partial charge in [0.05, 0.1) is 0 Å². The molecule has 86 valence electrons. The summed E-state index contributed by atoms with van der Waals surface area (Å²) in [6.45, 7) is 9.22. The minimum atomic E-state index is 0.858. The second kappa shape index (κ2) is 6.15. The molecule has 0 aromatic heterocycles. The van der Waals surface area contributed by atoms with Gasteiger partial charge in [0, 0.05) is 0 Å². The van der Waals surface area contributed by atoms with Gasteiger partial charge in [-0.2, -0.15) is 0 Å². The van der Waals surface area contributed by atoms with Gasteiger partial charge in [-0.25, -0.2) is 0 Å². The predicted octanol–water partition coefficient (Wildman–Crippen LogP) is 5.26. The number of hydrogen-bond donors (Lipinski definition) is 0. The molecule has 0 aromatic carbocycles. The molecule has 0 fully saturated rings. The lowest BCUT2D eigenvalue weighted by molar-refractivity contribution is 0.553. The highest BCUT2D eigenvalue weighted by atomic mass is 14.1. The third-order valence-corrected chi connectivity index (χ3v) is 3.45. The van der Waals surface area contributed by atoms with Crippen molar-refractivity contribution in [1.82, 2.24) is 0 Å². The quantitative estimate of drug-likeness (QED) is 0.550. The van der Waals surface area contributed by atoms with Gasteiger partial charge in [0.1, 0.15) is 0 Å². The van der Waals surface area contributed by atoms with Crippen molar-refractivity contribution in [3.63, 3.8) is 0 Å². The fourth-order valence-electron chi connectivity index (χ4n) is 2.19. The molecule has 1 rings (SSSR count). The maximum atomic E-state index is 2.41. The predicted molar refractivity (Wildman–Crippen MR) is 69.0 cm³/mol. The van der Waals surface area contributed by atoms with Gasteiger partial charge in [-0.05, 0) is 51.9 Å². The smallest absolute Gasteiger partial charge is 0.0134 e. The zero-order valence-corrected chi connectivity index (χ0v) is 10.9. The van der Waals surface area contributed by atoms with Crippen molar-refractivity contribution in [2.75, 3.05) is 0 Å². The minimum Gasteiger partial charge on any atom is -0.0815 e. The molecule has 0 N–H and O–H groups in total. The van der Waals surface area contributed by atoms with Crippen molar-refractivity contribution in [2.24, 2.45) is 5.92 Å². The molecule has 0 nitrogen and oxygen atoms in total. The van der Waals surface area contributed by atoms with Gasteiger partial charge in [0.2, 0.25) is 0 Å². The molecule has 15 heavy (non-hydrogen) atoms. The minimum absolute atomic E-state index is 0.858. The third kappa shape index (κ3) is 4.68. The van der Waals surface area contributed by atoms with Gasteiger partial charge in [0.15, 0.2) is 0 Å². The molecule has 0 radical (unpaired) electrons. The van der Waals surface area contributed by atoms with Gasteiger partial charge in [-0.3, -0.25) is 0 Å². The summed E-state index contributed by atoms with van der Waals surface area (Å²) in [5, 5.41) is 0. The Morgan fingerprint density at radius 3 is 2.60 bits per heavy atom. The van der Waals surface area contributed by atoms with Crippen LogP contribution in [0.1, 0.15) is 66.2 Å². The van der Waals surface area contributed by atoms with Gasteiger partial charge < -0.3 is 0 Å². The van der Waals surface area contributed by atoms with E-state index in [0.717, 1.165) is 5.92 Å². The summed E-state index contributed by atoms with van der Waals surface area (Å²) >= 11 is 0. The lowest BCUT2D eigenvalue weighted by atomic mass is 9.90.